The normalized spacial score (nSPS) is 22.0. The zero-order valence-corrected chi connectivity index (χ0v) is 17.8. The minimum absolute atomic E-state index is 0.0239. The summed E-state index contributed by atoms with van der Waals surface area (Å²) in [5, 5.41) is 0.157. The Bertz CT molecular complexity index is 817. The molecule has 0 bridgehead atoms. The highest BCUT2D eigenvalue weighted by Crippen LogP contribution is 2.31. The molecule has 0 unspecified atom stereocenters. The van der Waals surface area contributed by atoms with E-state index in [0.717, 1.165) is 12.8 Å². The van der Waals surface area contributed by atoms with E-state index < -0.39 is 10.0 Å². The zero-order chi connectivity index (χ0) is 19.8. The standard InChI is InChI=1S/C19H28ClN3O3S/c1-19(2)7-4-8-22(14-19)18(24)15-5-6-16(20)17(13-15)27(25,26)23-11-9-21(3)10-12-23/h5-6,13H,4,7-12,14H2,1-3H3. The van der Waals surface area contributed by atoms with Crippen molar-refractivity contribution in [3.8, 4) is 0 Å². The van der Waals surface area contributed by atoms with Crippen LogP contribution >= 0.6 is 11.6 Å². The van der Waals surface area contributed by atoms with Gasteiger partial charge in [-0.2, -0.15) is 4.31 Å². The molecule has 27 heavy (non-hydrogen) atoms. The van der Waals surface area contributed by atoms with Gasteiger partial charge in [0.15, 0.2) is 0 Å². The summed E-state index contributed by atoms with van der Waals surface area (Å²) in [6, 6.07) is 4.59. The second-order valence-corrected chi connectivity index (χ2v) is 10.7. The summed E-state index contributed by atoms with van der Waals surface area (Å²) in [7, 11) is -1.75. The van der Waals surface area contributed by atoms with E-state index in [1.165, 1.54) is 16.4 Å². The number of nitrogens with zero attached hydrogens (tertiary/aromatic N) is 3. The summed E-state index contributed by atoms with van der Waals surface area (Å²) in [6.07, 6.45) is 2.04. The molecule has 0 aromatic heterocycles. The van der Waals surface area contributed by atoms with Crippen molar-refractivity contribution in [2.45, 2.75) is 31.6 Å². The van der Waals surface area contributed by atoms with Gasteiger partial charge in [-0.1, -0.05) is 25.4 Å². The van der Waals surface area contributed by atoms with Gasteiger partial charge in [-0.15, -0.1) is 0 Å². The first-order valence-electron chi connectivity index (χ1n) is 9.38. The minimum atomic E-state index is -3.72. The molecule has 2 saturated heterocycles. The van der Waals surface area contributed by atoms with Gasteiger partial charge in [-0.3, -0.25) is 4.79 Å². The molecule has 0 aliphatic carbocycles. The number of piperidine rings is 1. The largest absolute Gasteiger partial charge is 0.338 e. The Morgan fingerprint density at radius 1 is 1.11 bits per heavy atom. The van der Waals surface area contributed by atoms with Crippen LogP contribution in [0.4, 0.5) is 0 Å². The summed E-state index contributed by atoms with van der Waals surface area (Å²) in [5.41, 5.74) is 0.458. The van der Waals surface area contributed by atoms with Crippen molar-refractivity contribution in [1.29, 1.82) is 0 Å². The van der Waals surface area contributed by atoms with Crippen molar-refractivity contribution >= 4 is 27.5 Å². The van der Waals surface area contributed by atoms with Crippen LogP contribution in [0.15, 0.2) is 23.1 Å². The average Bonchev–Trinajstić information content (AvgIpc) is 2.61. The van der Waals surface area contributed by atoms with E-state index in [1.807, 2.05) is 11.9 Å². The molecule has 150 valence electrons. The molecule has 0 N–H and O–H groups in total. The number of benzene rings is 1. The van der Waals surface area contributed by atoms with E-state index in [-0.39, 0.29) is 21.2 Å². The minimum Gasteiger partial charge on any atom is -0.338 e. The van der Waals surface area contributed by atoms with E-state index in [4.69, 9.17) is 11.6 Å². The zero-order valence-electron chi connectivity index (χ0n) is 16.2. The Balaban J connectivity index is 1.87. The third kappa shape index (κ3) is 4.47. The number of hydrogen-bond acceptors (Lipinski definition) is 4. The maximum Gasteiger partial charge on any atom is 0.253 e. The fourth-order valence-electron chi connectivity index (χ4n) is 3.78. The molecule has 8 heteroatoms. The topological polar surface area (TPSA) is 60.9 Å². The number of amides is 1. The Labute approximate surface area is 167 Å². The first kappa shape index (κ1) is 20.6. The second-order valence-electron chi connectivity index (χ2n) is 8.35. The lowest BCUT2D eigenvalue weighted by atomic mass is 9.84. The number of likely N-dealkylation sites (tertiary alicyclic amines) is 1. The first-order chi connectivity index (χ1) is 12.6. The first-order valence-corrected chi connectivity index (χ1v) is 11.2. The van der Waals surface area contributed by atoms with E-state index in [0.29, 0.717) is 44.8 Å². The Hall–Kier alpha value is -1.15. The Kier molecular flexibility index (Phi) is 5.87. The fraction of sp³-hybridized carbons (Fsp3) is 0.632. The lowest BCUT2D eigenvalue weighted by Gasteiger charge is -2.38. The third-order valence-corrected chi connectivity index (χ3v) is 7.83. The molecule has 0 radical (unpaired) electrons. The second kappa shape index (κ2) is 7.70. The molecular formula is C19H28ClN3O3S. The van der Waals surface area contributed by atoms with Gasteiger partial charge >= 0.3 is 0 Å². The molecule has 0 spiro atoms. The molecule has 6 nitrogen and oxygen atoms in total. The molecule has 1 aromatic carbocycles. The van der Waals surface area contributed by atoms with E-state index in [9.17, 15) is 13.2 Å². The third-order valence-electron chi connectivity index (χ3n) is 5.45. The van der Waals surface area contributed by atoms with Crippen LogP contribution in [0.2, 0.25) is 5.02 Å². The van der Waals surface area contributed by atoms with Crippen LogP contribution in [0.5, 0.6) is 0 Å². The van der Waals surface area contributed by atoms with Crippen molar-refractivity contribution in [2.24, 2.45) is 5.41 Å². The van der Waals surface area contributed by atoms with Crippen molar-refractivity contribution in [3.63, 3.8) is 0 Å². The van der Waals surface area contributed by atoms with Crippen LogP contribution < -0.4 is 0 Å². The number of carbonyl (C=O) groups excluding carboxylic acids is 1. The van der Waals surface area contributed by atoms with Crippen LogP contribution in [0.1, 0.15) is 37.0 Å². The van der Waals surface area contributed by atoms with Crippen LogP contribution in [-0.2, 0) is 10.0 Å². The quantitative estimate of drug-likeness (QED) is 0.764. The predicted molar refractivity (Wildman–Crippen MR) is 107 cm³/mol. The number of halogens is 1. The molecule has 2 heterocycles. The maximum atomic E-state index is 13.1. The number of likely N-dealkylation sites (N-methyl/N-ethyl adjacent to an activating group) is 1. The van der Waals surface area contributed by atoms with Gasteiger partial charge < -0.3 is 9.80 Å². The summed E-state index contributed by atoms with van der Waals surface area (Å²) in [5.74, 6) is -0.130. The molecule has 3 rings (SSSR count). The molecule has 1 amide bonds. The highest BCUT2D eigenvalue weighted by Gasteiger charge is 2.32. The van der Waals surface area contributed by atoms with Crippen molar-refractivity contribution in [1.82, 2.24) is 14.1 Å². The van der Waals surface area contributed by atoms with Crippen LogP contribution in [-0.4, -0.2) is 74.7 Å². The van der Waals surface area contributed by atoms with E-state index >= 15 is 0 Å². The lowest BCUT2D eigenvalue weighted by molar-refractivity contribution is 0.0583. The molecule has 2 fully saturated rings. The van der Waals surface area contributed by atoms with Crippen molar-refractivity contribution in [2.75, 3.05) is 46.3 Å². The number of sulfonamides is 1. The number of hydrogen-bond donors (Lipinski definition) is 0. The number of piperazine rings is 1. The van der Waals surface area contributed by atoms with E-state index in [1.54, 1.807) is 6.07 Å². The van der Waals surface area contributed by atoms with Crippen LogP contribution in [0.3, 0.4) is 0 Å². The summed E-state index contributed by atoms with van der Waals surface area (Å²) in [4.78, 5) is 16.9. The molecule has 2 aliphatic rings. The fourth-order valence-corrected chi connectivity index (χ4v) is 5.70. The molecular weight excluding hydrogens is 386 g/mol. The average molecular weight is 414 g/mol. The maximum absolute atomic E-state index is 13.1. The molecule has 2 aliphatic heterocycles. The molecule has 0 saturated carbocycles. The highest BCUT2D eigenvalue weighted by molar-refractivity contribution is 7.89. The van der Waals surface area contributed by atoms with Crippen LogP contribution in [0.25, 0.3) is 0 Å². The summed E-state index contributed by atoms with van der Waals surface area (Å²) >= 11 is 6.22. The Morgan fingerprint density at radius 3 is 2.41 bits per heavy atom. The smallest absolute Gasteiger partial charge is 0.253 e. The molecule has 0 atom stereocenters. The van der Waals surface area contributed by atoms with Crippen molar-refractivity contribution in [3.05, 3.63) is 28.8 Å². The van der Waals surface area contributed by atoms with Gasteiger partial charge in [0.25, 0.3) is 5.91 Å². The summed E-state index contributed by atoms with van der Waals surface area (Å²) in [6.45, 7) is 7.88. The van der Waals surface area contributed by atoms with Gasteiger partial charge in [0, 0.05) is 44.8 Å². The van der Waals surface area contributed by atoms with E-state index in [2.05, 4.69) is 18.7 Å². The summed E-state index contributed by atoms with van der Waals surface area (Å²) < 4.78 is 27.6. The van der Waals surface area contributed by atoms with Gasteiger partial charge in [0.05, 0.1) is 5.02 Å². The van der Waals surface area contributed by atoms with Gasteiger partial charge in [-0.05, 0) is 43.5 Å². The van der Waals surface area contributed by atoms with Crippen molar-refractivity contribution < 1.29 is 13.2 Å². The van der Waals surface area contributed by atoms with Crippen LogP contribution in [0, 0.1) is 5.41 Å². The number of rotatable bonds is 3. The van der Waals surface area contributed by atoms with Gasteiger partial charge in [0.1, 0.15) is 4.90 Å². The van der Waals surface area contributed by atoms with Gasteiger partial charge in [-0.25, -0.2) is 8.42 Å². The monoisotopic (exact) mass is 413 g/mol. The van der Waals surface area contributed by atoms with Gasteiger partial charge in [0.2, 0.25) is 10.0 Å². The highest BCUT2D eigenvalue weighted by atomic mass is 35.5. The SMILES string of the molecule is CN1CCN(S(=O)(=O)c2cc(C(=O)N3CCCC(C)(C)C3)ccc2Cl)CC1. The lowest BCUT2D eigenvalue weighted by Crippen LogP contribution is -2.47. The number of carbonyl (C=O) groups is 1. The molecule has 1 aromatic rings. The Morgan fingerprint density at radius 2 is 1.78 bits per heavy atom. The predicted octanol–water partition coefficient (Wildman–Crippen LogP) is 2.54.